The van der Waals surface area contributed by atoms with Crippen LogP contribution >= 0.6 is 11.6 Å². The molecule has 0 spiro atoms. The molecule has 16 heavy (non-hydrogen) atoms. The largest absolute Gasteiger partial charge is 0.399 e. The lowest BCUT2D eigenvalue weighted by Crippen LogP contribution is -1.90. The fourth-order valence-corrected chi connectivity index (χ4v) is 1.73. The Bertz CT molecular complexity index is 541. The highest BCUT2D eigenvalue weighted by atomic mass is 35.5. The zero-order valence-corrected chi connectivity index (χ0v) is 8.93. The predicted molar refractivity (Wildman–Crippen MR) is 61.2 cm³/mol. The van der Waals surface area contributed by atoms with Gasteiger partial charge in [0.15, 0.2) is 0 Å². The summed E-state index contributed by atoms with van der Waals surface area (Å²) >= 11 is 5.84. The van der Waals surface area contributed by atoms with E-state index < -0.39 is 11.6 Å². The average molecular weight is 240 g/mol. The van der Waals surface area contributed by atoms with Gasteiger partial charge in [-0.1, -0.05) is 11.6 Å². The van der Waals surface area contributed by atoms with E-state index in [-0.39, 0.29) is 10.6 Å². The lowest BCUT2D eigenvalue weighted by molar-refractivity contribution is 0.626. The van der Waals surface area contributed by atoms with Gasteiger partial charge in [-0.05, 0) is 36.4 Å². The van der Waals surface area contributed by atoms with Gasteiger partial charge in [-0.15, -0.1) is 0 Å². The van der Waals surface area contributed by atoms with Crippen LogP contribution in [-0.2, 0) is 0 Å². The van der Waals surface area contributed by atoms with Crippen LogP contribution in [0.1, 0.15) is 0 Å². The van der Waals surface area contributed by atoms with Gasteiger partial charge in [0, 0.05) is 16.8 Å². The van der Waals surface area contributed by atoms with Gasteiger partial charge < -0.3 is 5.73 Å². The number of rotatable bonds is 1. The lowest BCUT2D eigenvalue weighted by Gasteiger charge is -2.06. The Balaban J connectivity index is 2.62. The van der Waals surface area contributed by atoms with E-state index in [0.717, 1.165) is 6.07 Å². The van der Waals surface area contributed by atoms with Gasteiger partial charge in [-0.25, -0.2) is 8.78 Å². The lowest BCUT2D eigenvalue weighted by atomic mass is 10.0. The van der Waals surface area contributed by atoms with Crippen LogP contribution in [0, 0.1) is 11.6 Å². The Hall–Kier alpha value is -1.61. The molecule has 2 rings (SSSR count). The van der Waals surface area contributed by atoms with Gasteiger partial charge in [-0.2, -0.15) is 0 Å². The van der Waals surface area contributed by atoms with Crippen LogP contribution in [0.5, 0.6) is 0 Å². The second-order valence-electron chi connectivity index (χ2n) is 3.36. The van der Waals surface area contributed by atoms with E-state index in [1.807, 2.05) is 0 Å². The van der Waals surface area contributed by atoms with E-state index in [1.165, 1.54) is 30.3 Å². The number of nitrogen functional groups attached to an aromatic ring is 1. The third-order valence-corrected chi connectivity index (χ3v) is 2.52. The molecule has 0 aliphatic heterocycles. The van der Waals surface area contributed by atoms with Crippen LogP contribution in [0.2, 0.25) is 5.02 Å². The number of hydrogen-bond acceptors (Lipinski definition) is 1. The minimum absolute atomic E-state index is 0.157. The van der Waals surface area contributed by atoms with Crippen LogP contribution in [0.15, 0.2) is 36.4 Å². The molecule has 2 aromatic rings. The molecular weight excluding hydrogens is 232 g/mol. The van der Waals surface area contributed by atoms with Crippen molar-refractivity contribution in [2.75, 3.05) is 5.73 Å². The summed E-state index contributed by atoms with van der Waals surface area (Å²) in [6.45, 7) is 0. The van der Waals surface area contributed by atoms with E-state index >= 15 is 0 Å². The van der Waals surface area contributed by atoms with Crippen molar-refractivity contribution in [3.05, 3.63) is 53.1 Å². The molecule has 0 atom stereocenters. The molecule has 0 radical (unpaired) electrons. The molecule has 2 N–H and O–H groups in total. The quantitative estimate of drug-likeness (QED) is 0.751. The van der Waals surface area contributed by atoms with Crippen molar-refractivity contribution in [2.24, 2.45) is 0 Å². The molecule has 0 unspecified atom stereocenters. The van der Waals surface area contributed by atoms with Crippen molar-refractivity contribution in [2.45, 2.75) is 0 Å². The first-order valence-electron chi connectivity index (χ1n) is 4.58. The molecule has 0 aliphatic rings. The number of nitrogens with two attached hydrogens (primary N) is 1. The maximum absolute atomic E-state index is 13.5. The van der Waals surface area contributed by atoms with Crippen molar-refractivity contribution in [1.29, 1.82) is 0 Å². The molecule has 2 aromatic carbocycles. The summed E-state index contributed by atoms with van der Waals surface area (Å²) in [6.07, 6.45) is 0. The van der Waals surface area contributed by atoms with Crippen molar-refractivity contribution in [3.63, 3.8) is 0 Å². The second-order valence-corrected chi connectivity index (χ2v) is 3.77. The number of hydrogen-bond donors (Lipinski definition) is 1. The van der Waals surface area contributed by atoms with Gasteiger partial charge >= 0.3 is 0 Å². The Kier molecular flexibility index (Phi) is 2.79. The summed E-state index contributed by atoms with van der Waals surface area (Å²) in [6, 6.07) is 7.97. The number of halogens is 3. The molecule has 0 amide bonds. The minimum atomic E-state index is -0.460. The Labute approximate surface area is 96.5 Å². The summed E-state index contributed by atoms with van der Waals surface area (Å²) in [5.41, 5.74) is 6.68. The van der Waals surface area contributed by atoms with E-state index in [4.69, 9.17) is 17.3 Å². The average Bonchev–Trinajstić information content (AvgIpc) is 2.22. The first-order chi connectivity index (χ1) is 7.58. The normalized spacial score (nSPS) is 10.4. The molecule has 0 bridgehead atoms. The molecule has 1 nitrogen and oxygen atoms in total. The van der Waals surface area contributed by atoms with Crippen molar-refractivity contribution in [1.82, 2.24) is 0 Å². The number of benzene rings is 2. The maximum atomic E-state index is 13.5. The molecule has 0 heterocycles. The Morgan fingerprint density at radius 1 is 0.938 bits per heavy atom. The highest BCUT2D eigenvalue weighted by Crippen LogP contribution is 2.31. The summed E-state index contributed by atoms with van der Waals surface area (Å²) in [5.74, 6) is -0.902. The summed E-state index contributed by atoms with van der Waals surface area (Å²) in [4.78, 5) is 0. The van der Waals surface area contributed by atoms with Crippen molar-refractivity contribution in [3.8, 4) is 11.1 Å². The third-order valence-electron chi connectivity index (χ3n) is 2.21. The Morgan fingerprint density at radius 3 is 2.38 bits per heavy atom. The molecular formula is C12H8ClF2N. The number of anilines is 1. The topological polar surface area (TPSA) is 26.0 Å². The van der Waals surface area contributed by atoms with E-state index in [9.17, 15) is 8.78 Å². The first-order valence-corrected chi connectivity index (χ1v) is 4.96. The zero-order chi connectivity index (χ0) is 11.7. The van der Waals surface area contributed by atoms with Crippen LogP contribution in [0.25, 0.3) is 11.1 Å². The van der Waals surface area contributed by atoms with E-state index in [0.29, 0.717) is 11.3 Å². The molecule has 0 aromatic heterocycles. The standard InChI is InChI=1S/C12H8ClF2N/c13-11-5-7(14)1-3-9(11)10-6-8(16)2-4-12(10)15/h1-6H,16H2. The van der Waals surface area contributed by atoms with Crippen LogP contribution in [-0.4, -0.2) is 0 Å². The SMILES string of the molecule is Nc1ccc(F)c(-c2ccc(F)cc2Cl)c1. The highest BCUT2D eigenvalue weighted by Gasteiger charge is 2.09. The monoisotopic (exact) mass is 239 g/mol. The van der Waals surface area contributed by atoms with Crippen LogP contribution in [0.4, 0.5) is 14.5 Å². The summed E-state index contributed by atoms with van der Waals surface area (Å²) < 4.78 is 26.4. The molecule has 82 valence electrons. The maximum Gasteiger partial charge on any atom is 0.131 e. The molecule has 0 fully saturated rings. The van der Waals surface area contributed by atoms with Gasteiger partial charge in [0.05, 0.1) is 5.02 Å². The van der Waals surface area contributed by atoms with Crippen LogP contribution in [0.3, 0.4) is 0 Å². The molecule has 0 saturated carbocycles. The summed E-state index contributed by atoms with van der Waals surface area (Å²) in [7, 11) is 0. The molecule has 0 saturated heterocycles. The van der Waals surface area contributed by atoms with Crippen LogP contribution < -0.4 is 5.73 Å². The smallest absolute Gasteiger partial charge is 0.131 e. The third kappa shape index (κ3) is 1.99. The van der Waals surface area contributed by atoms with Gasteiger partial charge in [0.25, 0.3) is 0 Å². The van der Waals surface area contributed by atoms with E-state index in [2.05, 4.69) is 0 Å². The molecule has 4 heteroatoms. The fourth-order valence-electron chi connectivity index (χ4n) is 1.46. The second kappa shape index (κ2) is 4.10. The minimum Gasteiger partial charge on any atom is -0.399 e. The highest BCUT2D eigenvalue weighted by molar-refractivity contribution is 6.33. The van der Waals surface area contributed by atoms with Gasteiger partial charge in [0.2, 0.25) is 0 Å². The summed E-state index contributed by atoms with van der Waals surface area (Å²) in [5, 5.41) is 0.157. The van der Waals surface area contributed by atoms with Crippen molar-refractivity contribution >= 4 is 17.3 Å². The molecule has 0 aliphatic carbocycles. The zero-order valence-electron chi connectivity index (χ0n) is 8.18. The fraction of sp³-hybridized carbons (Fsp3) is 0. The van der Waals surface area contributed by atoms with Gasteiger partial charge in [0.1, 0.15) is 11.6 Å². The Morgan fingerprint density at radius 2 is 1.69 bits per heavy atom. The first kappa shape index (κ1) is 10.9. The van der Waals surface area contributed by atoms with Gasteiger partial charge in [-0.3, -0.25) is 0 Å². The van der Waals surface area contributed by atoms with E-state index in [1.54, 1.807) is 0 Å². The van der Waals surface area contributed by atoms with Crippen molar-refractivity contribution < 1.29 is 8.78 Å². The predicted octanol–water partition coefficient (Wildman–Crippen LogP) is 3.87.